The average molecular weight is 547 g/mol. The third kappa shape index (κ3) is 4.74. The van der Waals surface area contributed by atoms with Gasteiger partial charge in [0.1, 0.15) is 22.7 Å². The van der Waals surface area contributed by atoms with E-state index in [1.54, 1.807) is 80.7 Å². The molecule has 0 aliphatic carbocycles. The highest BCUT2D eigenvalue weighted by atomic mass is 19.1. The third-order valence-electron chi connectivity index (χ3n) is 6.64. The largest absolute Gasteiger partial charge is 0.458 e. The van der Waals surface area contributed by atoms with Gasteiger partial charge in [0.25, 0.3) is 5.91 Å². The Hall–Kier alpha value is -5.56. The molecule has 0 aliphatic rings. The fourth-order valence-corrected chi connectivity index (χ4v) is 4.81. The first-order valence-electron chi connectivity index (χ1n) is 12.8. The van der Waals surface area contributed by atoms with Crippen molar-refractivity contribution in [2.45, 2.75) is 19.9 Å². The van der Waals surface area contributed by atoms with E-state index in [1.165, 1.54) is 22.7 Å². The van der Waals surface area contributed by atoms with Crippen molar-refractivity contribution < 1.29 is 13.6 Å². The Morgan fingerprint density at radius 3 is 2.76 bits per heavy atom. The van der Waals surface area contributed by atoms with Crippen molar-refractivity contribution in [1.29, 1.82) is 0 Å². The molecule has 202 valence electrons. The summed E-state index contributed by atoms with van der Waals surface area (Å²) < 4.78 is 23.8. The number of carbonyl (C=O) groups excluding carboxylic acids is 1. The normalized spacial score (nSPS) is 11.8. The number of aromatic nitrogens is 5. The van der Waals surface area contributed by atoms with Gasteiger partial charge in [-0.1, -0.05) is 30.0 Å². The summed E-state index contributed by atoms with van der Waals surface area (Å²) in [6, 6.07) is 11.8. The summed E-state index contributed by atoms with van der Waals surface area (Å²) in [4.78, 5) is 31.9. The Morgan fingerprint density at radius 1 is 1.15 bits per heavy atom. The van der Waals surface area contributed by atoms with E-state index in [1.807, 2.05) is 0 Å². The number of rotatable bonds is 4. The van der Waals surface area contributed by atoms with Crippen LogP contribution < -0.4 is 10.7 Å². The molecule has 0 spiro atoms. The second-order valence-corrected chi connectivity index (χ2v) is 9.56. The van der Waals surface area contributed by atoms with E-state index in [-0.39, 0.29) is 22.3 Å². The fraction of sp³-hybridized carbons (Fsp3) is 0.129. The van der Waals surface area contributed by atoms with Gasteiger partial charge in [-0.25, -0.2) is 13.9 Å². The summed E-state index contributed by atoms with van der Waals surface area (Å²) in [5.74, 6) is 5.30. The highest BCUT2D eigenvalue weighted by molar-refractivity contribution is 6.01. The van der Waals surface area contributed by atoms with Gasteiger partial charge in [-0.05, 0) is 49.7 Å². The van der Waals surface area contributed by atoms with E-state index < -0.39 is 23.2 Å². The molecule has 2 aromatic carbocycles. The van der Waals surface area contributed by atoms with Crippen LogP contribution in [0.1, 0.15) is 45.9 Å². The molecule has 6 rings (SSSR count). The number of amides is 1. The molecule has 41 heavy (non-hydrogen) atoms. The van der Waals surface area contributed by atoms with E-state index in [4.69, 9.17) is 4.42 Å². The Bertz CT molecular complexity index is 2100. The highest BCUT2D eigenvalue weighted by Gasteiger charge is 2.26. The molecule has 4 aromatic heterocycles. The maximum Gasteiger partial charge on any atom is 0.257 e. The molecular weight excluding hydrogens is 523 g/mol. The Kier molecular flexibility index (Phi) is 6.40. The van der Waals surface area contributed by atoms with Crippen LogP contribution in [0.4, 0.5) is 4.39 Å². The Labute approximate surface area is 233 Å². The van der Waals surface area contributed by atoms with Crippen LogP contribution in [0.3, 0.4) is 0 Å². The molecule has 0 bridgehead atoms. The molecule has 1 atom stereocenters. The number of halogens is 1. The second-order valence-electron chi connectivity index (χ2n) is 9.56. The number of fused-ring (bicyclic) bond motifs is 2. The van der Waals surface area contributed by atoms with Crippen molar-refractivity contribution in [3.05, 3.63) is 118 Å². The molecule has 1 N–H and O–H groups in total. The third-order valence-corrected chi connectivity index (χ3v) is 6.64. The summed E-state index contributed by atoms with van der Waals surface area (Å²) in [7, 11) is 1.79. The first-order valence-corrected chi connectivity index (χ1v) is 12.8. The molecule has 0 saturated heterocycles. The SMILES string of the molecule is Cc1nn2cccnc2c1C(=O)N[C@@H](C)c1oc2cccc(C#Cc3cnn(C)c3)c2c(=O)c1-c1cccc(F)c1. The molecule has 9 nitrogen and oxygen atoms in total. The second kappa shape index (κ2) is 10.2. The van der Waals surface area contributed by atoms with Gasteiger partial charge in [0.2, 0.25) is 5.43 Å². The van der Waals surface area contributed by atoms with Crippen molar-refractivity contribution in [2.75, 3.05) is 0 Å². The maximum atomic E-state index is 14.4. The van der Waals surface area contributed by atoms with E-state index in [9.17, 15) is 14.0 Å². The number of carbonyl (C=O) groups is 1. The van der Waals surface area contributed by atoms with Crippen molar-refractivity contribution in [2.24, 2.45) is 7.05 Å². The number of benzene rings is 2. The first kappa shape index (κ1) is 25.7. The fourth-order valence-electron chi connectivity index (χ4n) is 4.81. The minimum absolute atomic E-state index is 0.134. The number of aryl methyl sites for hydroxylation is 2. The summed E-state index contributed by atoms with van der Waals surface area (Å²) in [6.45, 7) is 3.42. The molecule has 0 aliphatic heterocycles. The van der Waals surface area contributed by atoms with Gasteiger partial charge in [-0.3, -0.25) is 14.3 Å². The predicted octanol–water partition coefficient (Wildman–Crippen LogP) is 4.57. The number of nitrogens with zero attached hydrogens (tertiary/aromatic N) is 5. The maximum absolute atomic E-state index is 14.4. The zero-order chi connectivity index (χ0) is 28.7. The van der Waals surface area contributed by atoms with Gasteiger partial charge in [0.15, 0.2) is 5.65 Å². The molecule has 6 aromatic rings. The molecule has 1 amide bonds. The summed E-state index contributed by atoms with van der Waals surface area (Å²) in [5.41, 5.74) is 2.69. The summed E-state index contributed by atoms with van der Waals surface area (Å²) in [5, 5.41) is 11.6. The molecular formula is C31H23FN6O3. The van der Waals surface area contributed by atoms with Gasteiger partial charge >= 0.3 is 0 Å². The minimum Gasteiger partial charge on any atom is -0.458 e. The van der Waals surface area contributed by atoms with Crippen LogP contribution in [-0.2, 0) is 7.05 Å². The van der Waals surface area contributed by atoms with Crippen molar-refractivity contribution in [3.8, 4) is 23.0 Å². The van der Waals surface area contributed by atoms with Crippen molar-refractivity contribution in [3.63, 3.8) is 0 Å². The number of hydrogen-bond donors (Lipinski definition) is 1. The number of nitrogens with one attached hydrogen (secondary N) is 1. The molecule has 0 radical (unpaired) electrons. The standard InChI is InChI=1S/C31H23FN6O3/c1-18-25(30-33-13-6-14-38(30)36-18)31(40)35-19(2)29-27(22-8-4-9-23(32)15-22)28(39)26-21(7-5-10-24(26)41-29)12-11-20-16-34-37(3)17-20/h4-10,13-17,19H,1-3H3,(H,35,40)/t19-/m0/s1. The van der Waals surface area contributed by atoms with Gasteiger partial charge in [-0.2, -0.15) is 10.2 Å². The van der Waals surface area contributed by atoms with E-state index in [2.05, 4.69) is 32.3 Å². The van der Waals surface area contributed by atoms with E-state index in [0.717, 1.165) is 0 Å². The lowest BCUT2D eigenvalue weighted by molar-refractivity contribution is 0.0936. The monoisotopic (exact) mass is 546 g/mol. The molecule has 10 heteroatoms. The van der Waals surface area contributed by atoms with Gasteiger partial charge < -0.3 is 9.73 Å². The quantitative estimate of drug-likeness (QED) is 0.325. The van der Waals surface area contributed by atoms with Crippen LogP contribution in [0, 0.1) is 24.6 Å². The zero-order valence-electron chi connectivity index (χ0n) is 22.3. The van der Waals surface area contributed by atoms with Crippen LogP contribution in [0.25, 0.3) is 27.7 Å². The molecule has 0 fully saturated rings. The highest BCUT2D eigenvalue weighted by Crippen LogP contribution is 2.31. The molecule has 0 saturated carbocycles. The van der Waals surface area contributed by atoms with Crippen LogP contribution in [0.5, 0.6) is 0 Å². The lowest BCUT2D eigenvalue weighted by Crippen LogP contribution is -2.28. The lowest BCUT2D eigenvalue weighted by atomic mass is 9.97. The van der Waals surface area contributed by atoms with Crippen LogP contribution in [0.2, 0.25) is 0 Å². The topological polar surface area (TPSA) is 107 Å². The molecule has 0 unspecified atom stereocenters. The lowest BCUT2D eigenvalue weighted by Gasteiger charge is -2.18. The van der Waals surface area contributed by atoms with Crippen molar-refractivity contribution in [1.82, 2.24) is 29.7 Å². The number of hydrogen-bond acceptors (Lipinski definition) is 6. The Morgan fingerprint density at radius 2 is 1.98 bits per heavy atom. The Balaban J connectivity index is 1.49. The minimum atomic E-state index is -0.777. The van der Waals surface area contributed by atoms with E-state index >= 15 is 0 Å². The van der Waals surface area contributed by atoms with Crippen molar-refractivity contribution >= 4 is 22.5 Å². The van der Waals surface area contributed by atoms with Gasteiger partial charge in [0.05, 0.1) is 34.4 Å². The summed E-state index contributed by atoms with van der Waals surface area (Å²) >= 11 is 0. The van der Waals surface area contributed by atoms with Crippen LogP contribution >= 0.6 is 0 Å². The van der Waals surface area contributed by atoms with Gasteiger partial charge in [-0.15, -0.1) is 0 Å². The predicted molar refractivity (Wildman–Crippen MR) is 151 cm³/mol. The van der Waals surface area contributed by atoms with Crippen LogP contribution in [-0.4, -0.2) is 30.3 Å². The summed E-state index contributed by atoms with van der Waals surface area (Å²) in [6.07, 6.45) is 6.68. The van der Waals surface area contributed by atoms with E-state index in [0.29, 0.717) is 33.6 Å². The first-order chi connectivity index (χ1) is 19.8. The average Bonchev–Trinajstić information content (AvgIpc) is 3.52. The smallest absolute Gasteiger partial charge is 0.257 e. The van der Waals surface area contributed by atoms with Crippen LogP contribution in [0.15, 0.2) is 82.5 Å². The molecule has 4 heterocycles. The zero-order valence-corrected chi connectivity index (χ0v) is 22.3. The van der Waals surface area contributed by atoms with Gasteiger partial charge in [0, 0.05) is 31.2 Å².